The van der Waals surface area contributed by atoms with Crippen LogP contribution < -0.4 is 5.32 Å². The lowest BCUT2D eigenvalue weighted by Crippen LogP contribution is -2.30. The van der Waals surface area contributed by atoms with Crippen molar-refractivity contribution >= 4 is 39.2 Å². The molecule has 24 heavy (non-hydrogen) atoms. The van der Waals surface area contributed by atoms with E-state index in [2.05, 4.69) is 45.5 Å². The molecule has 4 rings (SSSR count). The quantitative estimate of drug-likeness (QED) is 0.638. The van der Waals surface area contributed by atoms with Gasteiger partial charge in [-0.1, -0.05) is 51.8 Å². The number of carbonyl (C=O) groups is 1. The predicted molar refractivity (Wildman–Crippen MR) is 98.9 cm³/mol. The summed E-state index contributed by atoms with van der Waals surface area (Å²) >= 11 is 9.87. The number of carboxylic acids is 1. The summed E-state index contributed by atoms with van der Waals surface area (Å²) in [5.41, 5.74) is 3.07. The van der Waals surface area contributed by atoms with Gasteiger partial charge in [0.15, 0.2) is 0 Å². The molecule has 3 atom stereocenters. The van der Waals surface area contributed by atoms with E-state index in [9.17, 15) is 9.90 Å². The molecule has 2 aromatic carbocycles. The maximum Gasteiger partial charge on any atom is 0.336 e. The summed E-state index contributed by atoms with van der Waals surface area (Å²) in [5.74, 6) is -0.555. The Balaban J connectivity index is 1.86. The van der Waals surface area contributed by atoms with Gasteiger partial charge in [-0.2, -0.15) is 0 Å². The minimum absolute atomic E-state index is 0.0692. The molecule has 0 aromatic heterocycles. The second-order valence-corrected chi connectivity index (χ2v) is 7.54. The topological polar surface area (TPSA) is 49.3 Å². The van der Waals surface area contributed by atoms with Crippen LogP contribution in [0.15, 0.2) is 53.0 Å². The minimum Gasteiger partial charge on any atom is -0.478 e. The van der Waals surface area contributed by atoms with Crippen molar-refractivity contribution in [2.45, 2.75) is 18.4 Å². The smallest absolute Gasteiger partial charge is 0.336 e. The standard InChI is InChI=1S/C19H15BrClNO2/c20-11-6-4-10(5-7-11)17-13-3-1-2-12(13)16-14(19(23)24)8-9-15(21)18(16)22-17/h1-2,4-9,12-13,17,22H,3H2,(H,23,24)/t12-,13-,17-/m1/s1. The predicted octanol–water partition coefficient (Wildman–Crippen LogP) is 5.63. The van der Waals surface area contributed by atoms with E-state index < -0.39 is 5.97 Å². The second-order valence-electron chi connectivity index (χ2n) is 6.22. The highest BCUT2D eigenvalue weighted by atomic mass is 79.9. The van der Waals surface area contributed by atoms with E-state index in [-0.39, 0.29) is 17.9 Å². The number of allylic oxidation sites excluding steroid dienone is 2. The Hall–Kier alpha value is -1.78. The fourth-order valence-electron chi connectivity index (χ4n) is 3.86. The Bertz CT molecular complexity index is 847. The second kappa shape index (κ2) is 5.94. The molecular weight excluding hydrogens is 390 g/mol. The molecule has 2 N–H and O–H groups in total. The van der Waals surface area contributed by atoms with Gasteiger partial charge in [0.05, 0.1) is 22.3 Å². The summed E-state index contributed by atoms with van der Waals surface area (Å²) in [6, 6.07) is 11.6. The maximum absolute atomic E-state index is 11.7. The number of halogens is 2. The third-order valence-corrected chi connectivity index (χ3v) is 5.77. The number of anilines is 1. The minimum atomic E-state index is -0.911. The van der Waals surface area contributed by atoms with Crippen LogP contribution in [0.2, 0.25) is 5.02 Å². The molecule has 0 saturated carbocycles. The van der Waals surface area contributed by atoms with Gasteiger partial charge in [0, 0.05) is 10.4 Å². The van der Waals surface area contributed by atoms with E-state index >= 15 is 0 Å². The van der Waals surface area contributed by atoms with Crippen molar-refractivity contribution in [3.63, 3.8) is 0 Å². The lowest BCUT2D eigenvalue weighted by molar-refractivity contribution is 0.0695. The highest BCUT2D eigenvalue weighted by Gasteiger charge is 2.40. The van der Waals surface area contributed by atoms with Crippen LogP contribution in [0, 0.1) is 5.92 Å². The number of hydrogen-bond acceptors (Lipinski definition) is 2. The summed E-state index contributed by atoms with van der Waals surface area (Å²) in [5, 5.41) is 13.6. The molecule has 1 aliphatic heterocycles. The first-order valence-electron chi connectivity index (χ1n) is 7.80. The van der Waals surface area contributed by atoms with Gasteiger partial charge in [-0.05, 0) is 47.7 Å². The summed E-state index contributed by atoms with van der Waals surface area (Å²) in [6.45, 7) is 0. The average molecular weight is 405 g/mol. The number of nitrogens with one attached hydrogen (secondary N) is 1. The zero-order valence-electron chi connectivity index (χ0n) is 12.7. The van der Waals surface area contributed by atoms with Gasteiger partial charge in [0.1, 0.15) is 0 Å². The number of rotatable bonds is 2. The van der Waals surface area contributed by atoms with E-state index in [1.165, 1.54) is 5.56 Å². The molecule has 0 unspecified atom stereocenters. The molecule has 2 aromatic rings. The number of benzene rings is 2. The van der Waals surface area contributed by atoms with Crippen LogP contribution in [0.4, 0.5) is 5.69 Å². The highest BCUT2D eigenvalue weighted by Crippen LogP contribution is 2.52. The summed E-state index contributed by atoms with van der Waals surface area (Å²) in [4.78, 5) is 11.7. The zero-order valence-corrected chi connectivity index (χ0v) is 15.0. The van der Waals surface area contributed by atoms with Gasteiger partial charge >= 0.3 is 5.97 Å². The molecule has 0 spiro atoms. The normalized spacial score (nSPS) is 24.2. The molecule has 0 bridgehead atoms. The molecule has 0 amide bonds. The number of aromatic carboxylic acids is 1. The van der Waals surface area contributed by atoms with Crippen LogP contribution in [-0.4, -0.2) is 11.1 Å². The number of hydrogen-bond donors (Lipinski definition) is 2. The summed E-state index contributed by atoms with van der Waals surface area (Å²) < 4.78 is 1.04. The summed E-state index contributed by atoms with van der Waals surface area (Å²) in [6.07, 6.45) is 5.19. The van der Waals surface area contributed by atoms with E-state index in [1.807, 2.05) is 12.1 Å². The van der Waals surface area contributed by atoms with Crippen molar-refractivity contribution in [1.82, 2.24) is 0 Å². The van der Waals surface area contributed by atoms with Crippen LogP contribution in [0.1, 0.15) is 39.9 Å². The third kappa shape index (κ3) is 2.45. The van der Waals surface area contributed by atoms with E-state index in [1.54, 1.807) is 12.1 Å². The molecule has 0 radical (unpaired) electrons. The van der Waals surface area contributed by atoms with Crippen LogP contribution in [0.3, 0.4) is 0 Å². The highest BCUT2D eigenvalue weighted by molar-refractivity contribution is 9.10. The Morgan fingerprint density at radius 3 is 2.67 bits per heavy atom. The van der Waals surface area contributed by atoms with Gasteiger partial charge in [0.25, 0.3) is 0 Å². The first kappa shape index (κ1) is 15.7. The molecule has 0 saturated heterocycles. The van der Waals surface area contributed by atoms with Gasteiger partial charge in [0.2, 0.25) is 0 Å². The van der Waals surface area contributed by atoms with Gasteiger partial charge in [-0.15, -0.1) is 0 Å². The van der Waals surface area contributed by atoms with Crippen LogP contribution in [0.25, 0.3) is 0 Å². The van der Waals surface area contributed by atoms with Gasteiger partial charge < -0.3 is 10.4 Å². The molecule has 1 heterocycles. The Morgan fingerprint density at radius 1 is 1.21 bits per heavy atom. The third-order valence-electron chi connectivity index (χ3n) is 4.93. The Kier molecular flexibility index (Phi) is 3.89. The molecular formula is C19H15BrClNO2. The van der Waals surface area contributed by atoms with E-state index in [0.717, 1.165) is 22.1 Å². The fourth-order valence-corrected chi connectivity index (χ4v) is 4.34. The largest absolute Gasteiger partial charge is 0.478 e. The molecule has 1 aliphatic carbocycles. The average Bonchev–Trinajstić information content (AvgIpc) is 3.05. The molecule has 2 aliphatic rings. The van der Waals surface area contributed by atoms with E-state index in [0.29, 0.717) is 10.6 Å². The Morgan fingerprint density at radius 2 is 1.96 bits per heavy atom. The van der Waals surface area contributed by atoms with Crippen molar-refractivity contribution in [3.05, 3.63) is 74.7 Å². The summed E-state index contributed by atoms with van der Waals surface area (Å²) in [7, 11) is 0. The molecule has 122 valence electrons. The SMILES string of the molecule is O=C(O)c1ccc(Cl)c2c1[C@@H]1C=CC[C@H]1[C@@H](c1ccc(Br)cc1)N2. The van der Waals surface area contributed by atoms with Crippen LogP contribution in [0.5, 0.6) is 0 Å². The van der Waals surface area contributed by atoms with Crippen LogP contribution >= 0.6 is 27.5 Å². The van der Waals surface area contributed by atoms with Gasteiger partial charge in [-0.3, -0.25) is 0 Å². The van der Waals surface area contributed by atoms with Crippen molar-refractivity contribution in [1.29, 1.82) is 0 Å². The maximum atomic E-state index is 11.7. The van der Waals surface area contributed by atoms with Crippen molar-refractivity contribution in [2.24, 2.45) is 5.92 Å². The molecule has 3 nitrogen and oxygen atoms in total. The number of carboxylic acid groups (broad SMARTS) is 1. The molecule has 0 fully saturated rings. The van der Waals surface area contributed by atoms with Crippen molar-refractivity contribution in [2.75, 3.05) is 5.32 Å². The molecule has 5 heteroatoms. The zero-order chi connectivity index (χ0) is 16.8. The van der Waals surface area contributed by atoms with Gasteiger partial charge in [-0.25, -0.2) is 4.79 Å². The lowest BCUT2D eigenvalue weighted by atomic mass is 9.75. The lowest BCUT2D eigenvalue weighted by Gasteiger charge is -2.38. The monoisotopic (exact) mass is 403 g/mol. The Labute approximate surface area is 153 Å². The first-order valence-corrected chi connectivity index (χ1v) is 8.97. The fraction of sp³-hybridized carbons (Fsp3) is 0.211. The van der Waals surface area contributed by atoms with Crippen LogP contribution in [-0.2, 0) is 0 Å². The van der Waals surface area contributed by atoms with E-state index in [4.69, 9.17) is 11.6 Å². The van der Waals surface area contributed by atoms with Crippen molar-refractivity contribution < 1.29 is 9.90 Å². The van der Waals surface area contributed by atoms with Crippen molar-refractivity contribution in [3.8, 4) is 0 Å². The first-order chi connectivity index (χ1) is 11.6. The number of fused-ring (bicyclic) bond motifs is 3.